The number of aromatic nitrogens is 4. The van der Waals surface area contributed by atoms with Gasteiger partial charge in [0.1, 0.15) is 16.1 Å². The van der Waals surface area contributed by atoms with Gasteiger partial charge in [0, 0.05) is 74.0 Å². The van der Waals surface area contributed by atoms with Crippen LogP contribution in [0.3, 0.4) is 0 Å². The van der Waals surface area contributed by atoms with Crippen LogP contribution in [0, 0.1) is 22.7 Å². The van der Waals surface area contributed by atoms with Crippen molar-refractivity contribution in [3.63, 3.8) is 0 Å². The van der Waals surface area contributed by atoms with Gasteiger partial charge in [-0.3, -0.25) is 9.97 Å². The van der Waals surface area contributed by atoms with Crippen LogP contribution in [-0.2, 0) is 24.2 Å². The minimum Gasteiger partial charge on any atom is -1.00 e. The van der Waals surface area contributed by atoms with Crippen LogP contribution in [0.1, 0.15) is 36.6 Å². The molecular formula is C52H52Cl2Li2N6Si2+2. The van der Waals surface area contributed by atoms with Crippen molar-refractivity contribution < 1.29 is 72.5 Å². The maximum absolute atomic E-state index is 7.32. The van der Waals surface area contributed by atoms with Crippen molar-refractivity contribution in [2.24, 2.45) is 0 Å². The molecule has 0 radical (unpaired) electrons. The van der Waals surface area contributed by atoms with Crippen LogP contribution in [0.2, 0.25) is 0 Å². The van der Waals surface area contributed by atoms with Gasteiger partial charge < -0.3 is 24.8 Å². The van der Waals surface area contributed by atoms with Crippen LogP contribution >= 0.6 is 0 Å². The molecule has 0 aliphatic rings. The van der Waals surface area contributed by atoms with E-state index in [9.17, 15) is 0 Å². The van der Waals surface area contributed by atoms with E-state index in [0.717, 1.165) is 35.6 Å². The first kappa shape index (κ1) is 56.7. The number of aromatic amines is 2. The van der Waals surface area contributed by atoms with Crippen LogP contribution in [0.5, 0.6) is 0 Å². The number of benzene rings is 4. The molecule has 0 unspecified atom stereocenters. The Balaban J connectivity index is 0.000000540. The van der Waals surface area contributed by atoms with Crippen LogP contribution in [0.15, 0.2) is 219 Å². The van der Waals surface area contributed by atoms with E-state index in [-0.39, 0.29) is 62.5 Å². The molecule has 0 amide bonds. The third-order valence-corrected chi connectivity index (χ3v) is 19.9. The maximum atomic E-state index is 7.32. The molecule has 8 rings (SSSR count). The fourth-order valence-corrected chi connectivity index (χ4v) is 16.9. The predicted octanol–water partition coefficient (Wildman–Crippen LogP) is -4.88. The van der Waals surface area contributed by atoms with Crippen LogP contribution in [-0.4, -0.2) is 26.1 Å². The maximum Gasteiger partial charge on any atom is 1.00 e. The summed E-state index contributed by atoms with van der Waals surface area (Å²) < 4.78 is 0. The number of pyridine rings is 4. The third-order valence-electron chi connectivity index (χ3n) is 10.3. The quantitative estimate of drug-likeness (QED) is 0.115. The van der Waals surface area contributed by atoms with Gasteiger partial charge in [0.2, 0.25) is 0 Å². The molecule has 312 valence electrons. The minimum atomic E-state index is -2.15. The van der Waals surface area contributed by atoms with E-state index in [1.165, 1.54) is 46.0 Å². The first-order valence-electron chi connectivity index (χ1n) is 20.1. The third kappa shape index (κ3) is 16.7. The van der Waals surface area contributed by atoms with Gasteiger partial charge in [0.25, 0.3) is 0 Å². The van der Waals surface area contributed by atoms with E-state index < -0.39 is 16.1 Å². The van der Waals surface area contributed by atoms with E-state index in [2.05, 4.69) is 190 Å². The molecule has 4 heterocycles. The van der Waals surface area contributed by atoms with Gasteiger partial charge >= 0.3 is 37.7 Å². The van der Waals surface area contributed by atoms with Gasteiger partial charge in [0.15, 0.2) is 23.8 Å². The molecule has 12 heteroatoms. The molecule has 0 spiro atoms. The Hall–Kier alpha value is -5.33. The zero-order chi connectivity index (χ0) is 42.1. The summed E-state index contributed by atoms with van der Waals surface area (Å²) >= 11 is 0. The van der Waals surface area contributed by atoms with Gasteiger partial charge in [-0.15, -0.1) is 0 Å². The number of hydrogen-bond donors (Lipinski definition) is 0. The number of rotatable bonds is 12. The molecule has 8 aromatic rings. The van der Waals surface area contributed by atoms with Crippen molar-refractivity contribution in [1.29, 1.82) is 10.5 Å². The molecule has 0 aliphatic heterocycles. The zero-order valence-corrected chi connectivity index (χ0v) is 40.7. The first-order chi connectivity index (χ1) is 29.6. The fourth-order valence-electron chi connectivity index (χ4n) is 7.66. The molecule has 0 fully saturated rings. The molecule has 64 heavy (non-hydrogen) atoms. The van der Waals surface area contributed by atoms with E-state index in [1.807, 2.05) is 49.1 Å². The summed E-state index contributed by atoms with van der Waals surface area (Å²) in [4.78, 5) is 16.3. The van der Waals surface area contributed by atoms with E-state index >= 15 is 0 Å². The number of nitrogens with zero attached hydrogens (tertiary/aromatic N) is 4. The monoisotopic (exact) mass is 900 g/mol. The Morgan fingerprint density at radius 3 is 0.906 bits per heavy atom. The second-order valence-corrected chi connectivity index (χ2v) is 22.3. The smallest absolute Gasteiger partial charge is 1.00 e. The van der Waals surface area contributed by atoms with Crippen molar-refractivity contribution in [1.82, 2.24) is 9.97 Å². The second kappa shape index (κ2) is 31.5. The Bertz CT molecular complexity index is 2130. The fraction of sp³-hybridized carbons (Fsp3) is 0.115. The molecule has 6 nitrogen and oxygen atoms in total. The SMILES string of the molecule is CC#N.CC#N.[Cl-].[Cl-].[Li+].[Li+].c1ccc([Si](Cc2cccc[nH+]2)(Cc2cccc[nH+]2)c2ccccc2)cc1.c1ccc([Si](Cc2ccccn2)(Cc2ccccn2)c2ccccc2)cc1. The molecule has 0 atom stereocenters. The number of nitrogens with one attached hydrogen (secondary N) is 2. The topological polar surface area (TPSA) is 102 Å². The molecular weight excluding hydrogens is 850 g/mol. The molecule has 0 bridgehead atoms. The molecule has 0 saturated heterocycles. The summed E-state index contributed by atoms with van der Waals surface area (Å²) in [5, 5.41) is 20.4. The average Bonchev–Trinajstić information content (AvgIpc) is 3.32. The van der Waals surface area contributed by atoms with Crippen molar-refractivity contribution in [3.05, 3.63) is 242 Å². The summed E-state index contributed by atoms with van der Waals surface area (Å²) in [5.41, 5.74) is 4.86. The van der Waals surface area contributed by atoms with Crippen molar-refractivity contribution >= 4 is 36.9 Å². The van der Waals surface area contributed by atoms with E-state index in [1.54, 1.807) is 12.1 Å². The van der Waals surface area contributed by atoms with Gasteiger partial charge in [-0.25, -0.2) is 9.97 Å². The summed E-state index contributed by atoms with van der Waals surface area (Å²) in [6.45, 7) is 2.86. The van der Waals surface area contributed by atoms with Crippen molar-refractivity contribution in [3.8, 4) is 12.1 Å². The van der Waals surface area contributed by atoms with Crippen LogP contribution in [0.25, 0.3) is 0 Å². The van der Waals surface area contributed by atoms with Crippen molar-refractivity contribution in [2.75, 3.05) is 0 Å². The Kier molecular flexibility index (Phi) is 27.9. The van der Waals surface area contributed by atoms with Gasteiger partial charge in [0.05, 0.1) is 12.1 Å². The molecule has 4 aromatic heterocycles. The number of H-pyrrole nitrogens is 2. The number of halogens is 2. The standard InChI is InChI=1S/2C24H22N2Si.2C2H3N.2ClH.2Li/c2*1-3-13-23(14-4-1)27(24-15-5-2-6-16-24,19-21-11-7-9-17-25-21)20-22-12-8-10-18-26-22;2*1-2-3;;;;/h2*1-18H,19-20H2;2*1H3;2*1H;;/q;;;;;;2*+1. The zero-order valence-electron chi connectivity index (χ0n) is 37.2. The Labute approximate surface area is 418 Å². The number of nitriles is 2. The van der Waals surface area contributed by atoms with Gasteiger partial charge in [-0.2, -0.15) is 10.5 Å². The molecule has 0 saturated carbocycles. The van der Waals surface area contributed by atoms with Gasteiger partial charge in [-0.05, 0) is 36.4 Å². The summed E-state index contributed by atoms with van der Waals surface area (Å²) in [6.07, 6.45) is 7.84. The van der Waals surface area contributed by atoms with E-state index in [4.69, 9.17) is 10.5 Å². The van der Waals surface area contributed by atoms with Gasteiger partial charge in [-0.1, -0.05) is 166 Å². The molecule has 4 aromatic carbocycles. The predicted molar refractivity (Wildman–Crippen MR) is 248 cm³/mol. The average molecular weight is 902 g/mol. The second-order valence-electron chi connectivity index (χ2n) is 14.2. The number of hydrogen-bond acceptors (Lipinski definition) is 4. The molecule has 0 aliphatic carbocycles. The first-order valence-corrected chi connectivity index (χ1v) is 24.9. The minimum absolute atomic E-state index is 0. The normalized spacial score (nSPS) is 9.75. The van der Waals surface area contributed by atoms with Crippen LogP contribution < -0.4 is 93.3 Å². The molecule has 2 N–H and O–H groups in total. The summed E-state index contributed by atoms with van der Waals surface area (Å²) in [6, 6.07) is 76.7. The van der Waals surface area contributed by atoms with Crippen LogP contribution in [0.4, 0.5) is 0 Å². The summed E-state index contributed by atoms with van der Waals surface area (Å²) in [7, 11) is -4.25. The van der Waals surface area contributed by atoms with Crippen molar-refractivity contribution in [2.45, 2.75) is 38.0 Å². The Morgan fingerprint density at radius 1 is 0.391 bits per heavy atom. The summed E-state index contributed by atoms with van der Waals surface area (Å²) in [5.74, 6) is 0. The Morgan fingerprint density at radius 2 is 0.656 bits per heavy atom. The largest absolute Gasteiger partial charge is 1.00 e. The van der Waals surface area contributed by atoms with E-state index in [0.29, 0.717) is 0 Å².